The van der Waals surface area contributed by atoms with Crippen molar-refractivity contribution in [2.45, 2.75) is 66.0 Å². The van der Waals surface area contributed by atoms with Gasteiger partial charge in [-0.2, -0.15) is 0 Å². The molecule has 3 heterocycles. The van der Waals surface area contributed by atoms with Gasteiger partial charge in [0.05, 0.1) is 13.7 Å². The normalized spacial score (nSPS) is 13.4. The van der Waals surface area contributed by atoms with Crippen molar-refractivity contribution in [3.05, 3.63) is 114 Å². The maximum Gasteiger partial charge on any atom is 0.124 e. The van der Waals surface area contributed by atoms with Crippen LogP contribution in [0.3, 0.4) is 0 Å². The quantitative estimate of drug-likeness (QED) is 0.129. The fraction of sp³-hybridized carbons (Fsp3) is 0.263. The van der Waals surface area contributed by atoms with Gasteiger partial charge < -0.3 is 14.4 Å². The molecule has 0 N–H and O–H groups in total. The Balaban J connectivity index is 0.000000212. The average Bonchev–Trinajstić information content (AvgIpc) is 3.38. The molecule has 3 aromatic heterocycles. The third-order valence-corrected chi connectivity index (χ3v) is 9.45. The topological polar surface area (TPSA) is 38.9 Å². The van der Waals surface area contributed by atoms with E-state index in [-0.39, 0.29) is 31.5 Å². The van der Waals surface area contributed by atoms with Gasteiger partial charge in [-0.25, -0.2) is 4.39 Å². The van der Waals surface area contributed by atoms with E-state index >= 15 is 0 Å². The number of hydrogen-bond acceptors (Lipinski definition) is 3. The molecule has 0 atom stereocenters. The SMILES string of the molecule is CC(C)c1ccnc(-c2[c-]ccc3c2oc2ccc(F)cc23)c1.[2H]C([2H])([2H])c1c[c-]c(-c2cc(C([2H])(C)C)c([Si](C)(C)C)cn2)cc1.[Ir]. The number of aryl methyl sites for hydroxylation is 1. The number of benzene rings is 3. The molecular formula is C38H39FIrN2OSi-2. The van der Waals surface area contributed by atoms with Crippen LogP contribution in [0.5, 0.6) is 0 Å². The van der Waals surface area contributed by atoms with E-state index in [9.17, 15) is 4.39 Å². The molecule has 1 radical (unpaired) electrons. The predicted molar refractivity (Wildman–Crippen MR) is 180 cm³/mol. The van der Waals surface area contributed by atoms with Crippen molar-refractivity contribution in [3.8, 4) is 22.5 Å². The first-order valence-electron chi connectivity index (χ1n) is 16.5. The molecule has 0 saturated heterocycles. The third-order valence-electron chi connectivity index (χ3n) is 7.44. The molecule has 0 fully saturated rings. The summed E-state index contributed by atoms with van der Waals surface area (Å²) in [6, 6.07) is 25.4. The van der Waals surface area contributed by atoms with Gasteiger partial charge in [-0.1, -0.05) is 88.4 Å². The van der Waals surface area contributed by atoms with E-state index in [1.807, 2.05) is 44.3 Å². The van der Waals surface area contributed by atoms with E-state index in [2.05, 4.69) is 61.7 Å². The van der Waals surface area contributed by atoms with E-state index in [0.717, 1.165) is 38.9 Å². The summed E-state index contributed by atoms with van der Waals surface area (Å²) in [7, 11) is -1.61. The minimum atomic E-state index is -2.13. The molecule has 3 nitrogen and oxygen atoms in total. The Hall–Kier alpha value is -3.44. The first-order chi connectivity index (χ1) is 21.9. The summed E-state index contributed by atoms with van der Waals surface area (Å²) < 4.78 is 50.3. The van der Waals surface area contributed by atoms with Crippen LogP contribution in [-0.2, 0) is 20.1 Å². The van der Waals surface area contributed by atoms with E-state index in [1.54, 1.807) is 24.4 Å². The van der Waals surface area contributed by atoms with Crippen LogP contribution in [0.2, 0.25) is 19.6 Å². The first kappa shape index (κ1) is 28.1. The van der Waals surface area contributed by atoms with Crippen molar-refractivity contribution in [3.63, 3.8) is 0 Å². The van der Waals surface area contributed by atoms with Crippen LogP contribution in [0, 0.1) is 24.8 Å². The number of fused-ring (bicyclic) bond motifs is 3. The molecule has 3 aromatic carbocycles. The van der Waals surface area contributed by atoms with Gasteiger partial charge >= 0.3 is 0 Å². The zero-order chi connectivity index (χ0) is 34.3. The number of aromatic nitrogens is 2. The Kier molecular flexibility index (Phi) is 8.73. The fourth-order valence-corrected chi connectivity index (χ4v) is 6.63. The van der Waals surface area contributed by atoms with E-state index in [1.165, 1.54) is 28.9 Å². The smallest absolute Gasteiger partial charge is 0.124 e. The van der Waals surface area contributed by atoms with E-state index in [4.69, 9.17) is 9.90 Å². The second kappa shape index (κ2) is 13.7. The van der Waals surface area contributed by atoms with E-state index < -0.39 is 20.8 Å². The van der Waals surface area contributed by atoms with Gasteiger partial charge in [0.15, 0.2) is 0 Å². The summed E-state index contributed by atoms with van der Waals surface area (Å²) in [6.07, 6.45) is 3.69. The summed E-state index contributed by atoms with van der Waals surface area (Å²) >= 11 is 0. The number of rotatable bonds is 5. The minimum absolute atomic E-state index is 0. The van der Waals surface area contributed by atoms with Gasteiger partial charge in [0.2, 0.25) is 0 Å². The molecule has 44 heavy (non-hydrogen) atoms. The molecule has 0 saturated carbocycles. The maximum absolute atomic E-state index is 13.5. The summed E-state index contributed by atoms with van der Waals surface area (Å²) in [5.41, 5.74) is 6.93. The van der Waals surface area contributed by atoms with Gasteiger partial charge in [0.25, 0.3) is 0 Å². The van der Waals surface area contributed by atoms with Crippen LogP contribution in [0.1, 0.15) is 61.7 Å². The van der Waals surface area contributed by atoms with Gasteiger partial charge in [-0.15, -0.1) is 53.6 Å². The largest absolute Gasteiger partial charge is 0.501 e. The molecule has 0 aliphatic rings. The summed E-state index contributed by atoms with van der Waals surface area (Å²) in [5.74, 6) is -0.568. The maximum atomic E-state index is 13.5. The average molecular weight is 783 g/mol. The standard InChI is InChI=1S/C20H15FNO.C18H24NSi.Ir/c1-12(2)13-8-9-22-18(10-13)16-5-3-4-15-17-11-14(21)6-7-19(17)23-20(15)16;1-13(2)16-11-17(15-9-7-14(3)8-10-15)19-12-18(16)20(4,5)6;/h3-4,6-12H,1-2H3;7-9,11-13H,1-6H3;/q2*-1;/i;3D3,13D;. The Morgan fingerprint density at radius 3 is 2.36 bits per heavy atom. The Morgan fingerprint density at radius 2 is 1.70 bits per heavy atom. The number of hydrogen-bond donors (Lipinski definition) is 0. The number of halogens is 1. The molecule has 6 aromatic rings. The van der Waals surface area contributed by atoms with Gasteiger partial charge in [0.1, 0.15) is 11.4 Å². The second-order valence-corrected chi connectivity index (χ2v) is 17.4. The van der Waals surface area contributed by atoms with Gasteiger partial charge in [-0.3, -0.25) is 0 Å². The molecular weight excluding hydrogens is 740 g/mol. The van der Waals surface area contributed by atoms with Crippen molar-refractivity contribution >= 4 is 35.2 Å². The first-order valence-corrected chi connectivity index (χ1v) is 18.0. The van der Waals surface area contributed by atoms with Crippen LogP contribution in [-0.4, -0.2) is 18.0 Å². The Morgan fingerprint density at radius 1 is 0.909 bits per heavy atom. The van der Waals surface area contributed by atoms with Gasteiger partial charge in [-0.05, 0) is 52.7 Å². The Labute approximate surface area is 280 Å². The van der Waals surface area contributed by atoms with Crippen molar-refractivity contribution in [1.82, 2.24) is 9.97 Å². The monoisotopic (exact) mass is 783 g/mol. The van der Waals surface area contributed by atoms with Crippen LogP contribution in [0.15, 0.2) is 83.5 Å². The van der Waals surface area contributed by atoms with Crippen molar-refractivity contribution in [2.24, 2.45) is 0 Å². The fourth-order valence-electron chi connectivity index (χ4n) is 5.05. The number of pyridine rings is 2. The summed E-state index contributed by atoms with van der Waals surface area (Å²) in [5, 5.41) is 2.84. The molecule has 0 spiro atoms. The summed E-state index contributed by atoms with van der Waals surface area (Å²) in [4.78, 5) is 9.03. The molecule has 0 amide bonds. The molecule has 0 aliphatic carbocycles. The van der Waals surface area contributed by atoms with Crippen LogP contribution in [0.25, 0.3) is 44.5 Å². The second-order valence-electron chi connectivity index (χ2n) is 12.3. The van der Waals surface area contributed by atoms with Crippen LogP contribution in [0.4, 0.5) is 4.39 Å². The molecule has 0 aliphatic heterocycles. The Bertz CT molecular complexity index is 2050. The molecule has 229 valence electrons. The van der Waals surface area contributed by atoms with Gasteiger partial charge in [0, 0.05) is 43.4 Å². The van der Waals surface area contributed by atoms with Crippen molar-refractivity contribution in [1.29, 1.82) is 0 Å². The third kappa shape index (κ3) is 7.26. The number of nitrogens with zero attached hydrogens (tertiary/aromatic N) is 2. The zero-order valence-electron chi connectivity index (χ0n) is 30.1. The predicted octanol–water partition coefficient (Wildman–Crippen LogP) is 10.2. The van der Waals surface area contributed by atoms with Crippen LogP contribution >= 0.6 is 0 Å². The zero-order valence-corrected chi connectivity index (χ0v) is 29.5. The van der Waals surface area contributed by atoms with E-state index in [0.29, 0.717) is 17.1 Å². The molecule has 0 unspecified atom stereocenters. The molecule has 6 rings (SSSR count). The minimum Gasteiger partial charge on any atom is -0.501 e. The van der Waals surface area contributed by atoms with Crippen LogP contribution < -0.4 is 5.19 Å². The molecule has 6 heteroatoms. The summed E-state index contributed by atoms with van der Waals surface area (Å²) in [6.45, 7) is 12.7. The number of furan rings is 1. The molecule has 0 bridgehead atoms. The van der Waals surface area contributed by atoms with Crippen molar-refractivity contribution in [2.75, 3.05) is 0 Å². The van der Waals surface area contributed by atoms with Crippen molar-refractivity contribution < 1.29 is 34.4 Å².